The molecular formula is C18H29N3O2S. The maximum Gasteiger partial charge on any atom is 0.193 e. The largest absolute Gasteiger partial charge is 0.356 e. The summed E-state index contributed by atoms with van der Waals surface area (Å²) in [7, 11) is 0.630. The van der Waals surface area contributed by atoms with Crippen molar-refractivity contribution in [2.45, 2.75) is 25.0 Å². The Morgan fingerprint density at radius 3 is 2.62 bits per heavy atom. The molecule has 0 saturated heterocycles. The van der Waals surface area contributed by atoms with Gasteiger partial charge in [0.25, 0.3) is 0 Å². The van der Waals surface area contributed by atoms with Gasteiger partial charge in [0, 0.05) is 27.2 Å². The first kappa shape index (κ1) is 20.2. The van der Waals surface area contributed by atoms with Gasteiger partial charge >= 0.3 is 0 Å². The van der Waals surface area contributed by atoms with Crippen molar-refractivity contribution in [1.29, 1.82) is 0 Å². The minimum absolute atomic E-state index is 0.101. The van der Waals surface area contributed by atoms with Crippen molar-refractivity contribution in [3.8, 4) is 0 Å². The first-order chi connectivity index (χ1) is 11.5. The zero-order valence-corrected chi connectivity index (χ0v) is 15.6. The summed E-state index contributed by atoms with van der Waals surface area (Å²) in [4.78, 5) is 6.27. The van der Waals surface area contributed by atoms with Gasteiger partial charge in [-0.3, -0.25) is 4.99 Å². The molecule has 0 aliphatic heterocycles. The molecule has 0 aliphatic rings. The summed E-state index contributed by atoms with van der Waals surface area (Å²) in [6.45, 7) is 5.19. The van der Waals surface area contributed by atoms with Crippen LogP contribution in [0.15, 0.2) is 48.0 Å². The Balaban J connectivity index is 2.34. The normalized spacial score (nSPS) is 12.0. The molecule has 24 heavy (non-hydrogen) atoms. The molecular weight excluding hydrogens is 322 g/mol. The number of aliphatic imine (C=N–C) groups is 1. The Labute approximate surface area is 146 Å². The Morgan fingerprint density at radius 2 is 2.00 bits per heavy atom. The lowest BCUT2D eigenvalue weighted by Gasteiger charge is -2.21. The molecule has 1 N–H and O–H groups in total. The lowest BCUT2D eigenvalue weighted by molar-refractivity contribution is 0.470. The van der Waals surface area contributed by atoms with Crippen molar-refractivity contribution in [2.24, 2.45) is 4.99 Å². The number of guanidine groups is 1. The summed E-state index contributed by atoms with van der Waals surface area (Å²) in [5.41, 5.74) is 0.836. The van der Waals surface area contributed by atoms with Gasteiger partial charge < -0.3 is 10.2 Å². The van der Waals surface area contributed by atoms with E-state index < -0.39 is 9.84 Å². The van der Waals surface area contributed by atoms with E-state index in [-0.39, 0.29) is 11.5 Å². The summed E-state index contributed by atoms with van der Waals surface area (Å²) in [6, 6.07) is 9.29. The van der Waals surface area contributed by atoms with Crippen LogP contribution in [0.5, 0.6) is 0 Å². The quantitative estimate of drug-likeness (QED) is 0.304. The van der Waals surface area contributed by atoms with Gasteiger partial charge in [-0.2, -0.15) is 0 Å². The molecule has 1 rings (SSSR count). The molecule has 0 saturated carbocycles. The first-order valence-electron chi connectivity index (χ1n) is 8.25. The number of rotatable bonds is 10. The molecule has 5 nitrogen and oxygen atoms in total. The van der Waals surface area contributed by atoms with Crippen LogP contribution in [0.2, 0.25) is 0 Å². The van der Waals surface area contributed by atoms with Gasteiger partial charge in [0.1, 0.15) is 0 Å². The van der Waals surface area contributed by atoms with Gasteiger partial charge in [-0.15, -0.1) is 6.58 Å². The van der Waals surface area contributed by atoms with Crippen molar-refractivity contribution < 1.29 is 8.42 Å². The summed E-state index contributed by atoms with van der Waals surface area (Å²) < 4.78 is 24.3. The third kappa shape index (κ3) is 8.15. The monoisotopic (exact) mass is 351 g/mol. The van der Waals surface area contributed by atoms with E-state index in [0.717, 1.165) is 30.9 Å². The lowest BCUT2D eigenvalue weighted by atomic mass is 10.2. The minimum atomic E-state index is -3.08. The van der Waals surface area contributed by atoms with Crippen LogP contribution in [0, 0.1) is 0 Å². The molecule has 0 unspecified atom stereocenters. The van der Waals surface area contributed by atoms with Crippen LogP contribution in [0.3, 0.4) is 0 Å². The molecule has 6 heteroatoms. The van der Waals surface area contributed by atoms with Crippen molar-refractivity contribution in [3.63, 3.8) is 0 Å². The third-order valence-electron chi connectivity index (χ3n) is 3.62. The Morgan fingerprint density at radius 1 is 1.29 bits per heavy atom. The van der Waals surface area contributed by atoms with E-state index in [4.69, 9.17) is 0 Å². The molecule has 0 fully saturated rings. The summed E-state index contributed by atoms with van der Waals surface area (Å²) >= 11 is 0. The Kier molecular flexibility index (Phi) is 9.15. The van der Waals surface area contributed by atoms with Crippen LogP contribution < -0.4 is 5.32 Å². The maximum absolute atomic E-state index is 12.1. The summed E-state index contributed by atoms with van der Waals surface area (Å²) in [5.74, 6) is 1.07. The lowest BCUT2D eigenvalue weighted by Crippen LogP contribution is -2.40. The standard InChI is InChI=1S/C18H29N3O2S/c1-4-5-9-14-21(3)18(19-2)20-13-10-15-24(22,23)16-17-11-7-6-8-12-17/h4,6-8,11-12H,1,5,9-10,13-16H2,2-3H3,(H,19,20). The molecule has 0 aromatic heterocycles. The van der Waals surface area contributed by atoms with E-state index in [2.05, 4.69) is 16.9 Å². The molecule has 0 amide bonds. The van der Waals surface area contributed by atoms with Crippen molar-refractivity contribution in [1.82, 2.24) is 10.2 Å². The zero-order chi connectivity index (χ0) is 17.8. The first-order valence-corrected chi connectivity index (χ1v) is 10.1. The van der Waals surface area contributed by atoms with E-state index >= 15 is 0 Å². The van der Waals surface area contributed by atoms with Gasteiger partial charge in [0.05, 0.1) is 11.5 Å². The minimum Gasteiger partial charge on any atom is -0.356 e. The van der Waals surface area contributed by atoms with Crippen molar-refractivity contribution in [2.75, 3.05) is 32.9 Å². The van der Waals surface area contributed by atoms with Crippen molar-refractivity contribution >= 4 is 15.8 Å². The highest BCUT2D eigenvalue weighted by molar-refractivity contribution is 7.90. The molecule has 0 atom stereocenters. The SMILES string of the molecule is C=CCCCN(C)C(=NC)NCCCS(=O)(=O)Cc1ccccc1. The molecule has 0 radical (unpaired) electrons. The fourth-order valence-electron chi connectivity index (χ4n) is 2.36. The van der Waals surface area contributed by atoms with Crippen LogP contribution in [0.4, 0.5) is 0 Å². The highest BCUT2D eigenvalue weighted by Crippen LogP contribution is 2.07. The van der Waals surface area contributed by atoms with Crippen LogP contribution in [-0.4, -0.2) is 52.2 Å². The van der Waals surface area contributed by atoms with Crippen molar-refractivity contribution in [3.05, 3.63) is 48.6 Å². The van der Waals surface area contributed by atoms with E-state index in [0.29, 0.717) is 13.0 Å². The molecule has 0 spiro atoms. The summed E-state index contributed by atoms with van der Waals surface area (Å²) in [6.07, 6.45) is 4.46. The highest BCUT2D eigenvalue weighted by atomic mass is 32.2. The van der Waals surface area contributed by atoms with E-state index in [1.165, 1.54) is 0 Å². The average molecular weight is 352 g/mol. The number of benzene rings is 1. The second-order valence-electron chi connectivity index (χ2n) is 5.76. The van der Waals surface area contributed by atoms with Crippen LogP contribution in [0.1, 0.15) is 24.8 Å². The Bertz CT molecular complexity index is 612. The molecule has 0 aliphatic carbocycles. The maximum atomic E-state index is 12.1. The second-order valence-corrected chi connectivity index (χ2v) is 7.94. The number of allylic oxidation sites excluding steroid dienone is 1. The average Bonchev–Trinajstić information content (AvgIpc) is 2.55. The number of unbranched alkanes of at least 4 members (excludes halogenated alkanes) is 1. The van der Waals surface area contributed by atoms with Gasteiger partial charge in [0.2, 0.25) is 0 Å². The third-order valence-corrected chi connectivity index (χ3v) is 5.30. The fourth-order valence-corrected chi connectivity index (χ4v) is 3.78. The highest BCUT2D eigenvalue weighted by Gasteiger charge is 2.12. The molecule has 0 heterocycles. The molecule has 0 bridgehead atoms. The molecule has 1 aromatic rings. The predicted octanol–water partition coefficient (Wildman–Crippen LogP) is 2.46. The smallest absolute Gasteiger partial charge is 0.193 e. The van der Waals surface area contributed by atoms with Gasteiger partial charge in [-0.25, -0.2) is 8.42 Å². The van der Waals surface area contributed by atoms with Gasteiger partial charge in [-0.1, -0.05) is 36.4 Å². The number of hydrogen-bond acceptors (Lipinski definition) is 3. The summed E-state index contributed by atoms with van der Waals surface area (Å²) in [5, 5.41) is 3.22. The second kappa shape index (κ2) is 10.9. The molecule has 1 aromatic carbocycles. The molecule has 134 valence electrons. The van der Waals surface area contributed by atoms with Crippen LogP contribution in [-0.2, 0) is 15.6 Å². The number of nitrogens with one attached hydrogen (secondary N) is 1. The van der Waals surface area contributed by atoms with Crippen LogP contribution in [0.25, 0.3) is 0 Å². The predicted molar refractivity (Wildman–Crippen MR) is 102 cm³/mol. The van der Waals surface area contributed by atoms with Gasteiger partial charge in [-0.05, 0) is 24.8 Å². The topological polar surface area (TPSA) is 61.8 Å². The fraction of sp³-hybridized carbons (Fsp3) is 0.500. The van der Waals surface area contributed by atoms with Crippen LogP contribution >= 0.6 is 0 Å². The Hall–Kier alpha value is -1.82. The zero-order valence-electron chi connectivity index (χ0n) is 14.7. The van der Waals surface area contributed by atoms with Gasteiger partial charge in [0.15, 0.2) is 15.8 Å². The van der Waals surface area contributed by atoms with E-state index in [9.17, 15) is 8.42 Å². The number of sulfone groups is 1. The number of hydrogen-bond donors (Lipinski definition) is 1. The van der Waals surface area contributed by atoms with E-state index in [1.807, 2.05) is 48.4 Å². The number of nitrogens with zero attached hydrogens (tertiary/aromatic N) is 2. The van der Waals surface area contributed by atoms with E-state index in [1.54, 1.807) is 7.05 Å².